The second kappa shape index (κ2) is 5.98. The lowest BCUT2D eigenvalue weighted by Gasteiger charge is -2.28. The molecule has 4 nitrogen and oxygen atoms in total. The Kier molecular flexibility index (Phi) is 4.90. The van der Waals surface area contributed by atoms with Crippen LogP contribution in [0.5, 0.6) is 0 Å². The van der Waals surface area contributed by atoms with Gasteiger partial charge in [-0.2, -0.15) is 0 Å². The molecule has 1 N–H and O–H groups in total. The zero-order valence-electron chi connectivity index (χ0n) is 8.91. The van der Waals surface area contributed by atoms with Crippen molar-refractivity contribution in [3.05, 3.63) is 0 Å². The minimum absolute atomic E-state index is 0.0709. The van der Waals surface area contributed by atoms with Crippen LogP contribution in [0.2, 0.25) is 0 Å². The summed E-state index contributed by atoms with van der Waals surface area (Å²) in [5, 5.41) is 2.95. The topological polar surface area (TPSA) is 47.6 Å². The lowest BCUT2D eigenvalue weighted by atomic mass is 9.86. The minimum Gasteiger partial charge on any atom is -0.354 e. The van der Waals surface area contributed by atoms with E-state index in [9.17, 15) is 4.79 Å². The maximum Gasteiger partial charge on any atom is 0.217 e. The fourth-order valence-corrected chi connectivity index (χ4v) is 1.93. The molecular formula is C10H19NO3. The summed E-state index contributed by atoms with van der Waals surface area (Å²) in [5.74, 6) is 0.654. The Morgan fingerprint density at radius 1 is 1.36 bits per heavy atom. The van der Waals surface area contributed by atoms with Crippen LogP contribution in [0.4, 0.5) is 0 Å². The maximum absolute atomic E-state index is 10.8. The summed E-state index contributed by atoms with van der Waals surface area (Å²) >= 11 is 0. The standard InChI is InChI=1S/C10H19NO3/c1-8(12)11-10-5-3-9(4-6-10)7-14-13-2/h9-10H,3-7H2,1-2H3,(H,11,12). The van der Waals surface area contributed by atoms with E-state index in [1.807, 2.05) is 0 Å². The second-order valence-electron chi connectivity index (χ2n) is 3.87. The Morgan fingerprint density at radius 3 is 2.50 bits per heavy atom. The van der Waals surface area contributed by atoms with Crippen LogP contribution in [0.3, 0.4) is 0 Å². The molecule has 0 bridgehead atoms. The van der Waals surface area contributed by atoms with Crippen molar-refractivity contribution in [2.24, 2.45) is 5.92 Å². The molecule has 1 rings (SSSR count). The first-order valence-electron chi connectivity index (χ1n) is 5.15. The fraction of sp³-hybridized carbons (Fsp3) is 0.900. The molecule has 1 aliphatic carbocycles. The lowest BCUT2D eigenvalue weighted by molar-refractivity contribution is -0.281. The van der Waals surface area contributed by atoms with Gasteiger partial charge in [-0.15, -0.1) is 0 Å². The van der Waals surface area contributed by atoms with Gasteiger partial charge in [0, 0.05) is 13.0 Å². The number of nitrogens with one attached hydrogen (secondary N) is 1. The summed E-state index contributed by atoms with van der Waals surface area (Å²) < 4.78 is 0. The molecule has 0 radical (unpaired) electrons. The molecule has 0 unspecified atom stereocenters. The van der Waals surface area contributed by atoms with E-state index in [1.54, 1.807) is 6.92 Å². The fourth-order valence-electron chi connectivity index (χ4n) is 1.93. The highest BCUT2D eigenvalue weighted by Gasteiger charge is 2.21. The Balaban J connectivity index is 2.14. The predicted octanol–water partition coefficient (Wildman–Crippen LogP) is 1.26. The number of carbonyl (C=O) groups excluding carboxylic acids is 1. The molecule has 0 heterocycles. The van der Waals surface area contributed by atoms with Gasteiger partial charge in [0.2, 0.25) is 5.91 Å². The van der Waals surface area contributed by atoms with Gasteiger partial charge in [0.05, 0.1) is 13.7 Å². The summed E-state index contributed by atoms with van der Waals surface area (Å²) in [6, 6.07) is 0.367. The monoisotopic (exact) mass is 201 g/mol. The highest BCUT2D eigenvalue weighted by Crippen LogP contribution is 2.24. The number of hydrogen-bond donors (Lipinski definition) is 1. The van der Waals surface area contributed by atoms with Crippen molar-refractivity contribution in [2.45, 2.75) is 38.6 Å². The third kappa shape index (κ3) is 4.07. The summed E-state index contributed by atoms with van der Waals surface area (Å²) in [5.41, 5.74) is 0. The van der Waals surface area contributed by atoms with Crippen LogP contribution in [0.25, 0.3) is 0 Å². The molecule has 1 saturated carbocycles. The van der Waals surface area contributed by atoms with Gasteiger partial charge >= 0.3 is 0 Å². The van der Waals surface area contributed by atoms with E-state index < -0.39 is 0 Å². The third-order valence-corrected chi connectivity index (χ3v) is 2.68. The number of hydrogen-bond acceptors (Lipinski definition) is 3. The number of amides is 1. The molecule has 0 saturated heterocycles. The van der Waals surface area contributed by atoms with Crippen molar-refractivity contribution in [2.75, 3.05) is 13.7 Å². The van der Waals surface area contributed by atoms with Crippen LogP contribution < -0.4 is 5.32 Å². The van der Waals surface area contributed by atoms with Crippen molar-refractivity contribution in [1.29, 1.82) is 0 Å². The molecular weight excluding hydrogens is 182 g/mol. The van der Waals surface area contributed by atoms with E-state index in [4.69, 9.17) is 4.89 Å². The zero-order chi connectivity index (χ0) is 10.4. The van der Waals surface area contributed by atoms with Gasteiger partial charge in [0.15, 0.2) is 0 Å². The van der Waals surface area contributed by atoms with Crippen molar-refractivity contribution in [3.8, 4) is 0 Å². The second-order valence-corrected chi connectivity index (χ2v) is 3.87. The third-order valence-electron chi connectivity index (χ3n) is 2.68. The molecule has 1 fully saturated rings. The predicted molar refractivity (Wildman–Crippen MR) is 52.5 cm³/mol. The molecule has 4 heteroatoms. The molecule has 1 amide bonds. The van der Waals surface area contributed by atoms with Crippen LogP contribution in [0, 0.1) is 5.92 Å². The molecule has 0 atom stereocenters. The first kappa shape index (κ1) is 11.5. The first-order valence-corrected chi connectivity index (χ1v) is 5.15. The molecule has 0 aromatic rings. The quantitative estimate of drug-likeness (QED) is 0.550. The average Bonchev–Trinajstić information content (AvgIpc) is 2.16. The smallest absolute Gasteiger partial charge is 0.217 e. The Morgan fingerprint density at radius 2 is 2.00 bits per heavy atom. The number of carbonyl (C=O) groups is 1. The molecule has 0 aromatic carbocycles. The lowest BCUT2D eigenvalue weighted by Crippen LogP contribution is -2.36. The van der Waals surface area contributed by atoms with Crippen molar-refractivity contribution in [1.82, 2.24) is 5.32 Å². The largest absolute Gasteiger partial charge is 0.354 e. The van der Waals surface area contributed by atoms with Crippen molar-refractivity contribution >= 4 is 5.91 Å². The van der Waals surface area contributed by atoms with Crippen LogP contribution in [-0.4, -0.2) is 25.7 Å². The van der Waals surface area contributed by atoms with Gasteiger partial charge in [-0.05, 0) is 31.6 Å². The van der Waals surface area contributed by atoms with Gasteiger partial charge in [0.1, 0.15) is 0 Å². The first-order chi connectivity index (χ1) is 6.72. The summed E-state index contributed by atoms with van der Waals surface area (Å²) in [6.45, 7) is 2.24. The summed E-state index contributed by atoms with van der Waals surface area (Å²) in [7, 11) is 1.53. The zero-order valence-corrected chi connectivity index (χ0v) is 8.91. The van der Waals surface area contributed by atoms with Gasteiger partial charge in [-0.3, -0.25) is 4.79 Å². The molecule has 82 valence electrons. The maximum atomic E-state index is 10.8. The van der Waals surface area contributed by atoms with Gasteiger partial charge in [0.25, 0.3) is 0 Å². The van der Waals surface area contributed by atoms with E-state index in [-0.39, 0.29) is 5.91 Å². The average molecular weight is 201 g/mol. The molecule has 0 aromatic heterocycles. The summed E-state index contributed by atoms with van der Waals surface area (Å²) in [4.78, 5) is 20.3. The van der Waals surface area contributed by atoms with E-state index in [2.05, 4.69) is 10.2 Å². The van der Waals surface area contributed by atoms with E-state index in [0.717, 1.165) is 25.7 Å². The molecule has 1 aliphatic rings. The van der Waals surface area contributed by atoms with E-state index in [0.29, 0.717) is 18.6 Å². The number of rotatable bonds is 4. The van der Waals surface area contributed by atoms with E-state index in [1.165, 1.54) is 7.11 Å². The van der Waals surface area contributed by atoms with Crippen LogP contribution in [0.15, 0.2) is 0 Å². The Labute approximate surface area is 84.9 Å². The Bertz CT molecular complexity index is 176. The molecule has 14 heavy (non-hydrogen) atoms. The van der Waals surface area contributed by atoms with Gasteiger partial charge in [-0.25, -0.2) is 9.78 Å². The highest BCUT2D eigenvalue weighted by molar-refractivity contribution is 5.73. The normalized spacial score (nSPS) is 27.3. The summed E-state index contributed by atoms with van der Waals surface area (Å²) in [6.07, 6.45) is 4.32. The van der Waals surface area contributed by atoms with Crippen LogP contribution in [-0.2, 0) is 14.6 Å². The van der Waals surface area contributed by atoms with Crippen molar-refractivity contribution in [3.63, 3.8) is 0 Å². The van der Waals surface area contributed by atoms with Crippen LogP contribution >= 0.6 is 0 Å². The van der Waals surface area contributed by atoms with Gasteiger partial charge in [-0.1, -0.05) is 0 Å². The molecule has 0 spiro atoms. The SMILES string of the molecule is COOCC1CCC(NC(C)=O)CC1. The van der Waals surface area contributed by atoms with E-state index >= 15 is 0 Å². The van der Waals surface area contributed by atoms with Crippen molar-refractivity contribution < 1.29 is 14.6 Å². The highest BCUT2D eigenvalue weighted by atomic mass is 17.2. The minimum atomic E-state index is 0.0709. The molecule has 0 aliphatic heterocycles. The van der Waals surface area contributed by atoms with Gasteiger partial charge < -0.3 is 5.32 Å². The van der Waals surface area contributed by atoms with Crippen LogP contribution in [0.1, 0.15) is 32.6 Å². The Hall–Kier alpha value is -0.610.